The van der Waals surface area contributed by atoms with Crippen molar-refractivity contribution in [3.05, 3.63) is 41.6 Å². The van der Waals surface area contributed by atoms with Crippen LogP contribution in [0.25, 0.3) is 16.7 Å². The third-order valence-corrected chi connectivity index (χ3v) is 6.97. The molecule has 5 rings (SSSR count). The van der Waals surface area contributed by atoms with Crippen molar-refractivity contribution < 1.29 is 9.18 Å². The van der Waals surface area contributed by atoms with E-state index in [9.17, 15) is 9.18 Å². The first-order chi connectivity index (χ1) is 16.5. The van der Waals surface area contributed by atoms with Crippen molar-refractivity contribution in [1.29, 1.82) is 0 Å². The average Bonchev–Trinajstić information content (AvgIpc) is 3.66. The van der Waals surface area contributed by atoms with Gasteiger partial charge < -0.3 is 9.80 Å². The van der Waals surface area contributed by atoms with E-state index in [1.54, 1.807) is 16.8 Å². The van der Waals surface area contributed by atoms with Crippen molar-refractivity contribution in [3.8, 4) is 5.69 Å². The first-order valence-corrected chi connectivity index (χ1v) is 12.5. The van der Waals surface area contributed by atoms with Gasteiger partial charge in [-0.1, -0.05) is 20.3 Å². The molecule has 0 radical (unpaired) electrons. The van der Waals surface area contributed by atoms with Crippen LogP contribution in [-0.4, -0.2) is 56.7 Å². The molecule has 180 valence electrons. The summed E-state index contributed by atoms with van der Waals surface area (Å²) in [5.41, 5.74) is 2.37. The van der Waals surface area contributed by atoms with Crippen LogP contribution < -0.4 is 4.90 Å². The van der Waals surface area contributed by atoms with Crippen molar-refractivity contribution in [1.82, 2.24) is 24.6 Å². The molecule has 7 nitrogen and oxygen atoms in total. The minimum atomic E-state index is -0.278. The summed E-state index contributed by atoms with van der Waals surface area (Å²) in [4.78, 5) is 27.1. The van der Waals surface area contributed by atoms with E-state index in [2.05, 4.69) is 18.7 Å². The summed E-state index contributed by atoms with van der Waals surface area (Å²) in [5.74, 6) is 2.20. The minimum absolute atomic E-state index is 0.213. The molecule has 1 saturated heterocycles. The molecule has 34 heavy (non-hydrogen) atoms. The summed E-state index contributed by atoms with van der Waals surface area (Å²) in [6.07, 6.45) is 5.03. The topological polar surface area (TPSA) is 67.2 Å². The standard InChI is InChI=1S/C26H33FN6O/c1-4-6-17(2)23-28-24(31-13-5-14-32(16-15-31)26(34)19-7-8-19)22-18(3)30-33(25(22)29-23)21-11-9-20(27)10-12-21/h9-12,17,19H,4-8,13-16H2,1-3H3. The largest absolute Gasteiger partial charge is 0.354 e. The van der Waals surface area contributed by atoms with E-state index >= 15 is 0 Å². The Bertz CT molecular complexity index is 1190. The smallest absolute Gasteiger partial charge is 0.225 e. The van der Waals surface area contributed by atoms with Gasteiger partial charge in [0.25, 0.3) is 0 Å². The second-order valence-corrected chi connectivity index (χ2v) is 9.71. The predicted octanol–water partition coefficient (Wildman–Crippen LogP) is 4.62. The van der Waals surface area contributed by atoms with Crippen LogP contribution in [0, 0.1) is 18.7 Å². The molecule has 1 aliphatic heterocycles. The summed E-state index contributed by atoms with van der Waals surface area (Å²) in [6.45, 7) is 9.40. The van der Waals surface area contributed by atoms with Crippen LogP contribution in [0.4, 0.5) is 10.2 Å². The highest BCUT2D eigenvalue weighted by atomic mass is 19.1. The van der Waals surface area contributed by atoms with Crippen molar-refractivity contribution >= 4 is 22.8 Å². The van der Waals surface area contributed by atoms with Crippen molar-refractivity contribution in [2.24, 2.45) is 5.92 Å². The number of hydrogen-bond acceptors (Lipinski definition) is 5. The molecule has 0 N–H and O–H groups in total. The minimum Gasteiger partial charge on any atom is -0.354 e. The molecule has 1 aromatic carbocycles. The number of carbonyl (C=O) groups excluding carboxylic acids is 1. The Morgan fingerprint density at radius 1 is 1.12 bits per heavy atom. The monoisotopic (exact) mass is 464 g/mol. The zero-order valence-corrected chi connectivity index (χ0v) is 20.3. The van der Waals surface area contributed by atoms with Crippen LogP contribution in [-0.2, 0) is 4.79 Å². The number of nitrogens with zero attached hydrogens (tertiary/aromatic N) is 6. The summed E-state index contributed by atoms with van der Waals surface area (Å²) in [5, 5.41) is 5.72. The third kappa shape index (κ3) is 4.38. The molecular formula is C26H33FN6O. The molecule has 2 aromatic heterocycles. The molecule has 2 fully saturated rings. The van der Waals surface area contributed by atoms with Crippen LogP contribution in [0.5, 0.6) is 0 Å². The van der Waals surface area contributed by atoms with Gasteiger partial charge in [0.2, 0.25) is 5.91 Å². The Labute approximate surface area is 200 Å². The zero-order chi connectivity index (χ0) is 23.8. The number of fused-ring (bicyclic) bond motifs is 1. The van der Waals surface area contributed by atoms with Crippen molar-refractivity contribution in [2.75, 3.05) is 31.1 Å². The summed E-state index contributed by atoms with van der Waals surface area (Å²) in [6, 6.07) is 6.35. The van der Waals surface area contributed by atoms with Crippen molar-refractivity contribution in [2.45, 2.75) is 58.8 Å². The van der Waals surface area contributed by atoms with Crippen LogP contribution >= 0.6 is 0 Å². The summed E-state index contributed by atoms with van der Waals surface area (Å²) < 4.78 is 15.4. The van der Waals surface area contributed by atoms with Crippen LogP contribution in [0.2, 0.25) is 0 Å². The van der Waals surface area contributed by atoms with Gasteiger partial charge in [-0.2, -0.15) is 5.10 Å². The fourth-order valence-corrected chi connectivity index (χ4v) is 4.89. The normalized spacial score (nSPS) is 17.8. The van der Waals surface area contributed by atoms with Crippen LogP contribution in [0.1, 0.15) is 63.4 Å². The van der Waals surface area contributed by atoms with E-state index in [4.69, 9.17) is 15.1 Å². The van der Waals surface area contributed by atoms with Gasteiger partial charge in [0.1, 0.15) is 17.5 Å². The van der Waals surface area contributed by atoms with E-state index in [1.807, 2.05) is 11.8 Å². The number of aryl methyl sites for hydroxylation is 1. The molecule has 1 atom stereocenters. The molecule has 1 aliphatic carbocycles. The van der Waals surface area contributed by atoms with Gasteiger partial charge in [0.15, 0.2) is 5.65 Å². The maximum Gasteiger partial charge on any atom is 0.225 e. The zero-order valence-electron chi connectivity index (χ0n) is 20.3. The first kappa shape index (κ1) is 22.7. The van der Waals surface area contributed by atoms with Gasteiger partial charge in [0.05, 0.1) is 16.8 Å². The van der Waals surface area contributed by atoms with Crippen LogP contribution in [0.3, 0.4) is 0 Å². The summed E-state index contributed by atoms with van der Waals surface area (Å²) in [7, 11) is 0. The predicted molar refractivity (Wildman–Crippen MR) is 131 cm³/mol. The average molecular weight is 465 g/mol. The molecular weight excluding hydrogens is 431 g/mol. The second kappa shape index (κ2) is 9.31. The maximum absolute atomic E-state index is 13.6. The molecule has 0 spiro atoms. The highest BCUT2D eigenvalue weighted by Gasteiger charge is 2.34. The molecule has 2 aliphatic rings. The number of aromatic nitrogens is 4. The molecule has 0 bridgehead atoms. The van der Waals surface area contributed by atoms with Gasteiger partial charge in [-0.05, 0) is 56.9 Å². The van der Waals surface area contributed by atoms with Crippen molar-refractivity contribution in [3.63, 3.8) is 0 Å². The number of rotatable bonds is 6. The first-order valence-electron chi connectivity index (χ1n) is 12.5. The Morgan fingerprint density at radius 2 is 1.88 bits per heavy atom. The molecule has 1 unspecified atom stereocenters. The maximum atomic E-state index is 13.6. The van der Waals surface area contributed by atoms with Gasteiger partial charge >= 0.3 is 0 Å². The molecule has 3 heterocycles. The van der Waals surface area contributed by atoms with E-state index < -0.39 is 0 Å². The van der Waals surface area contributed by atoms with Gasteiger partial charge in [0, 0.05) is 38.0 Å². The fraction of sp³-hybridized carbons (Fsp3) is 0.538. The number of amides is 1. The lowest BCUT2D eigenvalue weighted by Crippen LogP contribution is -2.36. The SMILES string of the molecule is CCCC(C)c1nc(N2CCCN(C(=O)C3CC3)CC2)c2c(C)nn(-c3ccc(F)cc3)c2n1. The second-order valence-electron chi connectivity index (χ2n) is 9.71. The molecule has 3 aromatic rings. The lowest BCUT2D eigenvalue weighted by molar-refractivity contribution is -0.132. The molecule has 1 amide bonds. The Kier molecular flexibility index (Phi) is 6.23. The quantitative estimate of drug-likeness (QED) is 0.533. The Hall–Kier alpha value is -3.03. The number of hydrogen-bond donors (Lipinski definition) is 0. The van der Waals surface area contributed by atoms with Crippen LogP contribution in [0.15, 0.2) is 24.3 Å². The van der Waals surface area contributed by atoms with E-state index in [-0.39, 0.29) is 17.7 Å². The van der Waals surface area contributed by atoms with Gasteiger partial charge in [-0.15, -0.1) is 0 Å². The lowest BCUT2D eigenvalue weighted by Gasteiger charge is -2.24. The Morgan fingerprint density at radius 3 is 2.59 bits per heavy atom. The fourth-order valence-electron chi connectivity index (χ4n) is 4.89. The highest BCUT2D eigenvalue weighted by molar-refractivity contribution is 5.91. The number of anilines is 1. The highest BCUT2D eigenvalue weighted by Crippen LogP contribution is 2.34. The molecule has 8 heteroatoms. The van der Waals surface area contributed by atoms with E-state index in [0.29, 0.717) is 12.5 Å². The number of benzene rings is 1. The number of halogens is 1. The number of carbonyl (C=O) groups is 1. The Balaban J connectivity index is 1.57. The summed E-state index contributed by atoms with van der Waals surface area (Å²) >= 11 is 0. The van der Waals surface area contributed by atoms with E-state index in [0.717, 1.165) is 85.8 Å². The van der Waals surface area contributed by atoms with Gasteiger partial charge in [-0.3, -0.25) is 4.79 Å². The van der Waals surface area contributed by atoms with Gasteiger partial charge in [-0.25, -0.2) is 19.0 Å². The molecule has 1 saturated carbocycles. The van der Waals surface area contributed by atoms with E-state index in [1.165, 1.54) is 12.1 Å². The third-order valence-electron chi connectivity index (χ3n) is 6.97. The lowest BCUT2D eigenvalue weighted by atomic mass is 10.1.